The average molecular weight is 240 g/mol. The van der Waals surface area contributed by atoms with Gasteiger partial charge in [0.05, 0.1) is 6.10 Å². The number of rotatable bonds is 10. The molecule has 0 bridgehead atoms. The van der Waals surface area contributed by atoms with Crippen LogP contribution in [0, 0.1) is 0 Å². The standard InChI is InChI=1S/C15H28O2/c1-4-5-6-7-8-9-10-11-12-13-15(16)17-14(2)3/h4-5,14H,6-13H2,1-3H3/b5-4+. The first-order chi connectivity index (χ1) is 8.16. The predicted octanol–water partition coefficient (Wildman–Crippen LogP) is 4.63. The number of ether oxygens (including phenoxy) is 1. The minimum atomic E-state index is -0.0481. The normalized spacial score (nSPS) is 11.3. The van der Waals surface area contributed by atoms with Crippen LogP contribution in [0.3, 0.4) is 0 Å². The van der Waals surface area contributed by atoms with Crippen molar-refractivity contribution < 1.29 is 9.53 Å². The molecule has 0 saturated heterocycles. The van der Waals surface area contributed by atoms with Gasteiger partial charge in [0.2, 0.25) is 0 Å². The fourth-order valence-corrected chi connectivity index (χ4v) is 1.73. The van der Waals surface area contributed by atoms with Crippen LogP contribution in [-0.2, 0) is 9.53 Å². The Morgan fingerprint density at radius 1 is 1.06 bits per heavy atom. The molecule has 0 aliphatic carbocycles. The van der Waals surface area contributed by atoms with Crippen molar-refractivity contribution in [3.8, 4) is 0 Å². The maximum absolute atomic E-state index is 11.2. The predicted molar refractivity (Wildman–Crippen MR) is 73.0 cm³/mol. The molecule has 0 heterocycles. The van der Waals surface area contributed by atoms with Gasteiger partial charge < -0.3 is 4.74 Å². The van der Waals surface area contributed by atoms with E-state index in [1.807, 2.05) is 13.8 Å². The van der Waals surface area contributed by atoms with Gasteiger partial charge in [-0.3, -0.25) is 4.79 Å². The van der Waals surface area contributed by atoms with E-state index in [2.05, 4.69) is 19.1 Å². The number of hydrogen-bond donors (Lipinski definition) is 0. The van der Waals surface area contributed by atoms with Gasteiger partial charge in [0, 0.05) is 6.42 Å². The molecule has 17 heavy (non-hydrogen) atoms. The molecule has 0 rings (SSSR count). The number of hydrogen-bond acceptors (Lipinski definition) is 2. The Bertz CT molecular complexity index is 207. The Labute approximate surface area is 106 Å². The third kappa shape index (κ3) is 13.1. The monoisotopic (exact) mass is 240 g/mol. The van der Waals surface area contributed by atoms with Crippen LogP contribution in [0.15, 0.2) is 12.2 Å². The average Bonchev–Trinajstić information content (AvgIpc) is 2.26. The summed E-state index contributed by atoms with van der Waals surface area (Å²) in [5, 5.41) is 0. The fourth-order valence-electron chi connectivity index (χ4n) is 1.73. The summed E-state index contributed by atoms with van der Waals surface area (Å²) in [4.78, 5) is 11.2. The lowest BCUT2D eigenvalue weighted by molar-refractivity contribution is -0.147. The Morgan fingerprint density at radius 2 is 1.65 bits per heavy atom. The van der Waals surface area contributed by atoms with Crippen molar-refractivity contribution in [1.29, 1.82) is 0 Å². The van der Waals surface area contributed by atoms with E-state index in [-0.39, 0.29) is 12.1 Å². The van der Waals surface area contributed by atoms with Gasteiger partial charge in [-0.25, -0.2) is 0 Å². The van der Waals surface area contributed by atoms with Gasteiger partial charge in [0.1, 0.15) is 0 Å². The van der Waals surface area contributed by atoms with E-state index in [9.17, 15) is 4.79 Å². The van der Waals surface area contributed by atoms with E-state index < -0.39 is 0 Å². The zero-order valence-electron chi connectivity index (χ0n) is 11.7. The zero-order chi connectivity index (χ0) is 12.9. The molecule has 2 nitrogen and oxygen atoms in total. The summed E-state index contributed by atoms with van der Waals surface area (Å²) in [6.07, 6.45) is 13.4. The number of carbonyl (C=O) groups excluding carboxylic acids is 1. The summed E-state index contributed by atoms with van der Waals surface area (Å²) in [5.74, 6) is -0.0481. The van der Waals surface area contributed by atoms with Crippen molar-refractivity contribution in [2.75, 3.05) is 0 Å². The van der Waals surface area contributed by atoms with Gasteiger partial charge in [-0.05, 0) is 40.0 Å². The first-order valence-corrected chi connectivity index (χ1v) is 6.97. The van der Waals surface area contributed by atoms with E-state index in [4.69, 9.17) is 4.74 Å². The van der Waals surface area contributed by atoms with Gasteiger partial charge in [0.15, 0.2) is 0 Å². The molecule has 0 fully saturated rings. The van der Waals surface area contributed by atoms with Gasteiger partial charge in [-0.1, -0.05) is 37.8 Å². The highest BCUT2D eigenvalue weighted by Crippen LogP contribution is 2.09. The number of unbranched alkanes of at least 4 members (excludes halogenated alkanes) is 6. The molecule has 0 aliphatic heterocycles. The highest BCUT2D eigenvalue weighted by atomic mass is 16.5. The van der Waals surface area contributed by atoms with E-state index in [1.165, 1.54) is 32.1 Å². The first-order valence-electron chi connectivity index (χ1n) is 6.97. The number of allylic oxidation sites excluding steroid dienone is 2. The van der Waals surface area contributed by atoms with E-state index in [1.54, 1.807) is 0 Å². The first kappa shape index (κ1) is 16.2. The molecular weight excluding hydrogens is 212 g/mol. The summed E-state index contributed by atoms with van der Waals surface area (Å²) in [7, 11) is 0. The smallest absolute Gasteiger partial charge is 0.306 e. The molecule has 0 aliphatic rings. The van der Waals surface area contributed by atoms with Crippen molar-refractivity contribution in [3.63, 3.8) is 0 Å². The third-order valence-electron chi connectivity index (χ3n) is 2.60. The van der Waals surface area contributed by atoms with Crippen LogP contribution in [0.2, 0.25) is 0 Å². The molecule has 0 amide bonds. The quantitative estimate of drug-likeness (QED) is 0.316. The second-order valence-electron chi connectivity index (χ2n) is 4.77. The highest BCUT2D eigenvalue weighted by Gasteiger charge is 2.04. The summed E-state index contributed by atoms with van der Waals surface area (Å²) in [6, 6.07) is 0. The van der Waals surface area contributed by atoms with Crippen molar-refractivity contribution in [1.82, 2.24) is 0 Å². The molecule has 0 spiro atoms. The lowest BCUT2D eigenvalue weighted by Gasteiger charge is -2.07. The summed E-state index contributed by atoms with van der Waals surface area (Å²) >= 11 is 0. The molecule has 0 aromatic rings. The SMILES string of the molecule is C/C=C/CCCCCCCCC(=O)OC(C)C. The van der Waals surface area contributed by atoms with Gasteiger partial charge in [0.25, 0.3) is 0 Å². The molecule has 0 saturated carbocycles. The Balaban J connectivity index is 3.15. The maximum atomic E-state index is 11.2. The van der Waals surface area contributed by atoms with Crippen LogP contribution >= 0.6 is 0 Å². The fraction of sp³-hybridized carbons (Fsp3) is 0.800. The minimum absolute atomic E-state index is 0.0223. The third-order valence-corrected chi connectivity index (χ3v) is 2.60. The summed E-state index contributed by atoms with van der Waals surface area (Å²) < 4.78 is 5.08. The van der Waals surface area contributed by atoms with Crippen LogP contribution in [0.25, 0.3) is 0 Å². The van der Waals surface area contributed by atoms with Crippen molar-refractivity contribution in [2.45, 2.75) is 78.2 Å². The van der Waals surface area contributed by atoms with Crippen LogP contribution in [-0.4, -0.2) is 12.1 Å². The molecule has 2 heteroatoms. The number of esters is 1. The minimum Gasteiger partial charge on any atom is -0.463 e. The van der Waals surface area contributed by atoms with Crippen LogP contribution < -0.4 is 0 Å². The van der Waals surface area contributed by atoms with Crippen LogP contribution in [0.5, 0.6) is 0 Å². The van der Waals surface area contributed by atoms with Gasteiger partial charge in [-0.15, -0.1) is 0 Å². The lowest BCUT2D eigenvalue weighted by Crippen LogP contribution is -2.10. The lowest BCUT2D eigenvalue weighted by atomic mass is 10.1. The summed E-state index contributed by atoms with van der Waals surface area (Å²) in [5.41, 5.74) is 0. The van der Waals surface area contributed by atoms with E-state index in [0.717, 1.165) is 12.8 Å². The zero-order valence-corrected chi connectivity index (χ0v) is 11.7. The van der Waals surface area contributed by atoms with Crippen molar-refractivity contribution in [3.05, 3.63) is 12.2 Å². The van der Waals surface area contributed by atoms with E-state index in [0.29, 0.717) is 6.42 Å². The summed E-state index contributed by atoms with van der Waals surface area (Å²) in [6.45, 7) is 5.85. The van der Waals surface area contributed by atoms with Crippen molar-refractivity contribution >= 4 is 5.97 Å². The molecule has 0 N–H and O–H groups in total. The molecule has 100 valence electrons. The second-order valence-corrected chi connectivity index (χ2v) is 4.77. The molecule has 0 unspecified atom stereocenters. The van der Waals surface area contributed by atoms with Crippen LogP contribution in [0.4, 0.5) is 0 Å². The molecule has 0 radical (unpaired) electrons. The topological polar surface area (TPSA) is 26.3 Å². The Kier molecular flexibility index (Phi) is 11.1. The Morgan fingerprint density at radius 3 is 2.24 bits per heavy atom. The molecule has 0 atom stereocenters. The molecular formula is C15H28O2. The van der Waals surface area contributed by atoms with Crippen molar-refractivity contribution in [2.24, 2.45) is 0 Å². The van der Waals surface area contributed by atoms with Gasteiger partial charge >= 0.3 is 5.97 Å². The number of carbonyl (C=O) groups is 1. The highest BCUT2D eigenvalue weighted by molar-refractivity contribution is 5.69. The maximum Gasteiger partial charge on any atom is 0.306 e. The largest absolute Gasteiger partial charge is 0.463 e. The Hall–Kier alpha value is -0.790. The second kappa shape index (κ2) is 11.7. The van der Waals surface area contributed by atoms with Crippen LogP contribution in [0.1, 0.15) is 72.1 Å². The molecule has 0 aromatic heterocycles. The molecule has 0 aromatic carbocycles. The van der Waals surface area contributed by atoms with E-state index >= 15 is 0 Å². The van der Waals surface area contributed by atoms with Gasteiger partial charge in [-0.2, -0.15) is 0 Å².